The number of rotatable bonds is 9. The zero-order valence-electron chi connectivity index (χ0n) is 19.7. The number of Topliss-reactive ketones (excluding diaryl/α,β-unsaturated/α-hetero) is 1. The van der Waals surface area contributed by atoms with Crippen LogP contribution in [0.5, 0.6) is 0 Å². The number of ether oxygens (including phenoxy) is 1. The number of aromatic nitrogens is 2. The van der Waals surface area contributed by atoms with Gasteiger partial charge in [0, 0.05) is 34.0 Å². The van der Waals surface area contributed by atoms with Crippen LogP contribution < -0.4 is 0 Å². The maximum atomic E-state index is 13.1. The summed E-state index contributed by atoms with van der Waals surface area (Å²) >= 11 is 6.10. The third-order valence-electron chi connectivity index (χ3n) is 5.38. The number of hydrogen-bond donors (Lipinski definition) is 0. The van der Waals surface area contributed by atoms with Crippen LogP contribution in [0.2, 0.25) is 0 Å². The Balaban J connectivity index is 1.41. The lowest BCUT2D eigenvalue weighted by atomic mass is 9.86. The number of fused-ring (bicyclic) bond motifs is 1. The van der Waals surface area contributed by atoms with Crippen LogP contribution in [-0.4, -0.2) is 39.6 Å². The van der Waals surface area contributed by atoms with E-state index in [9.17, 15) is 14.4 Å². The molecule has 0 radical (unpaired) electrons. The van der Waals surface area contributed by atoms with E-state index >= 15 is 0 Å². The lowest BCUT2D eigenvalue weighted by molar-refractivity contribution is -0.143. The summed E-state index contributed by atoms with van der Waals surface area (Å²) in [5.41, 5.74) is 3.04. The Morgan fingerprint density at radius 2 is 1.81 bits per heavy atom. The van der Waals surface area contributed by atoms with Crippen LogP contribution in [0.3, 0.4) is 0 Å². The fourth-order valence-corrected chi connectivity index (χ4v) is 5.59. The third kappa shape index (κ3) is 6.66. The van der Waals surface area contributed by atoms with E-state index in [2.05, 4.69) is 26.1 Å². The van der Waals surface area contributed by atoms with Crippen LogP contribution in [0, 0.1) is 0 Å². The molecular weight excluding hydrogens is 560 g/mol. The van der Waals surface area contributed by atoms with Crippen molar-refractivity contribution in [2.24, 2.45) is 0 Å². The maximum Gasteiger partial charge on any atom is 0.316 e. The average molecular weight is 584 g/mol. The molecule has 9 heteroatoms. The Morgan fingerprint density at radius 3 is 2.53 bits per heavy atom. The molecule has 3 aromatic rings. The first-order valence-electron chi connectivity index (χ1n) is 11.2. The highest BCUT2D eigenvalue weighted by molar-refractivity contribution is 9.10. The number of thioether (sulfide) groups is 1. The summed E-state index contributed by atoms with van der Waals surface area (Å²) in [6, 6.07) is 14.7. The third-order valence-corrected chi connectivity index (χ3v) is 7.94. The molecule has 0 saturated carbocycles. The highest BCUT2D eigenvalue weighted by Gasteiger charge is 2.31. The molecule has 0 fully saturated rings. The molecule has 0 amide bonds. The number of halogens is 1. The summed E-state index contributed by atoms with van der Waals surface area (Å²) in [6.45, 7) is 3.85. The summed E-state index contributed by atoms with van der Waals surface area (Å²) < 4.78 is 7.39. The summed E-state index contributed by atoms with van der Waals surface area (Å²) in [5.74, 6) is -1.03. The fraction of sp³-hybridized carbons (Fsp3) is 0.222. The van der Waals surface area contributed by atoms with Crippen molar-refractivity contribution >= 4 is 56.6 Å². The zero-order valence-corrected chi connectivity index (χ0v) is 22.9. The molecule has 1 heterocycles. The van der Waals surface area contributed by atoms with Gasteiger partial charge in [0.15, 0.2) is 15.9 Å². The first-order chi connectivity index (χ1) is 17.3. The van der Waals surface area contributed by atoms with E-state index in [1.807, 2.05) is 44.2 Å². The molecule has 0 spiro atoms. The number of carbonyl (C=O) groups is 3. The molecule has 0 saturated heterocycles. The zero-order chi connectivity index (χ0) is 25.7. The second-order valence-corrected chi connectivity index (χ2v) is 11.6. The normalized spacial score (nSPS) is 13.6. The average Bonchev–Trinajstić information content (AvgIpc) is 3.31. The standard InChI is InChI=1S/C27H23BrN2O4S2/c1-16(2)7-12-23(21-14-22(31)19-5-3-4-6-20(19)26(21)33)34-25(32)15-35-27-30-29-24(36-27)13-17-8-10-18(28)11-9-17/h3-11,14,23H,12-13,15H2,1-2H3/t23-/m1/s1. The number of hydrogen-bond acceptors (Lipinski definition) is 8. The molecule has 1 aromatic heterocycles. The maximum absolute atomic E-state index is 13.1. The van der Waals surface area contributed by atoms with Crippen molar-refractivity contribution in [1.29, 1.82) is 0 Å². The fourth-order valence-electron chi connectivity index (χ4n) is 3.61. The number of ketones is 2. The van der Waals surface area contributed by atoms with Crippen LogP contribution in [0.25, 0.3) is 0 Å². The molecule has 0 unspecified atom stereocenters. The van der Waals surface area contributed by atoms with Crippen LogP contribution in [-0.2, 0) is 16.0 Å². The van der Waals surface area contributed by atoms with E-state index in [1.54, 1.807) is 24.3 Å². The van der Waals surface area contributed by atoms with Gasteiger partial charge >= 0.3 is 5.97 Å². The van der Waals surface area contributed by atoms with Gasteiger partial charge in [-0.15, -0.1) is 10.2 Å². The lowest BCUT2D eigenvalue weighted by Gasteiger charge is -2.22. The number of nitrogens with zero attached hydrogens (tertiary/aromatic N) is 2. The van der Waals surface area contributed by atoms with Crippen LogP contribution in [0.4, 0.5) is 0 Å². The Kier molecular flexibility index (Phi) is 8.66. The lowest BCUT2D eigenvalue weighted by Crippen LogP contribution is -2.29. The second kappa shape index (κ2) is 11.9. The molecule has 1 aliphatic rings. The van der Waals surface area contributed by atoms with Crippen molar-refractivity contribution in [3.8, 4) is 0 Å². The predicted octanol–water partition coefficient (Wildman–Crippen LogP) is 6.26. The first kappa shape index (κ1) is 26.2. The van der Waals surface area contributed by atoms with E-state index in [0.717, 1.165) is 20.6 Å². The Morgan fingerprint density at radius 1 is 1.08 bits per heavy atom. The van der Waals surface area contributed by atoms with Crippen molar-refractivity contribution in [3.63, 3.8) is 0 Å². The minimum atomic E-state index is -0.847. The van der Waals surface area contributed by atoms with Gasteiger partial charge in [-0.25, -0.2) is 0 Å². The van der Waals surface area contributed by atoms with Crippen molar-refractivity contribution in [2.75, 3.05) is 5.75 Å². The Bertz CT molecular complexity index is 1360. The molecule has 4 rings (SSSR count). The van der Waals surface area contributed by atoms with Gasteiger partial charge in [0.25, 0.3) is 0 Å². The summed E-state index contributed by atoms with van der Waals surface area (Å²) in [5, 5.41) is 9.24. The highest BCUT2D eigenvalue weighted by atomic mass is 79.9. The van der Waals surface area contributed by atoms with Gasteiger partial charge in [0.1, 0.15) is 11.1 Å². The van der Waals surface area contributed by atoms with Gasteiger partial charge < -0.3 is 4.74 Å². The number of benzene rings is 2. The Labute approximate surface area is 226 Å². The molecule has 0 bridgehead atoms. The minimum Gasteiger partial charge on any atom is -0.456 e. The van der Waals surface area contributed by atoms with Crippen LogP contribution in [0.15, 0.2) is 80.6 Å². The van der Waals surface area contributed by atoms with Gasteiger partial charge in [-0.05, 0) is 37.6 Å². The van der Waals surface area contributed by atoms with Gasteiger partial charge in [-0.1, -0.05) is 87.1 Å². The van der Waals surface area contributed by atoms with E-state index in [0.29, 0.717) is 28.3 Å². The van der Waals surface area contributed by atoms with Crippen LogP contribution >= 0.6 is 39.0 Å². The first-order valence-corrected chi connectivity index (χ1v) is 13.8. The van der Waals surface area contributed by atoms with Crippen molar-refractivity contribution in [1.82, 2.24) is 10.2 Å². The summed E-state index contributed by atoms with van der Waals surface area (Å²) in [6.07, 6.45) is 3.31. The minimum absolute atomic E-state index is 0.0181. The van der Waals surface area contributed by atoms with Crippen molar-refractivity contribution in [2.45, 2.75) is 37.1 Å². The summed E-state index contributed by atoms with van der Waals surface area (Å²) in [4.78, 5) is 38.5. The van der Waals surface area contributed by atoms with Gasteiger partial charge in [0.2, 0.25) is 0 Å². The molecule has 1 aliphatic carbocycles. The van der Waals surface area contributed by atoms with E-state index in [1.165, 1.54) is 29.2 Å². The molecule has 0 aliphatic heterocycles. The van der Waals surface area contributed by atoms with Crippen molar-refractivity contribution in [3.05, 3.63) is 98.0 Å². The number of allylic oxidation sites excluding steroid dienone is 2. The van der Waals surface area contributed by atoms with E-state index in [-0.39, 0.29) is 22.9 Å². The van der Waals surface area contributed by atoms with Gasteiger partial charge in [0.05, 0.1) is 5.75 Å². The largest absolute Gasteiger partial charge is 0.456 e. The van der Waals surface area contributed by atoms with Crippen LogP contribution in [0.1, 0.15) is 51.6 Å². The van der Waals surface area contributed by atoms with Crippen molar-refractivity contribution < 1.29 is 19.1 Å². The quantitative estimate of drug-likeness (QED) is 0.167. The predicted molar refractivity (Wildman–Crippen MR) is 145 cm³/mol. The molecule has 1 atom stereocenters. The Hall–Kier alpha value is -2.88. The molecule has 36 heavy (non-hydrogen) atoms. The van der Waals surface area contributed by atoms with Gasteiger partial charge in [-0.3, -0.25) is 14.4 Å². The molecule has 0 N–H and O–H groups in total. The van der Waals surface area contributed by atoms with E-state index < -0.39 is 12.1 Å². The molecular formula is C27H23BrN2O4S2. The second-order valence-electron chi connectivity index (χ2n) is 8.39. The molecule has 6 nitrogen and oxygen atoms in total. The van der Waals surface area contributed by atoms with Gasteiger partial charge in [-0.2, -0.15) is 0 Å². The smallest absolute Gasteiger partial charge is 0.316 e. The van der Waals surface area contributed by atoms with E-state index in [4.69, 9.17) is 4.74 Å². The topological polar surface area (TPSA) is 86.2 Å². The molecule has 2 aromatic carbocycles. The monoisotopic (exact) mass is 582 g/mol. The molecule has 184 valence electrons. The number of carbonyl (C=O) groups excluding carboxylic acids is 3. The summed E-state index contributed by atoms with van der Waals surface area (Å²) in [7, 11) is 0. The highest BCUT2D eigenvalue weighted by Crippen LogP contribution is 2.28. The SMILES string of the molecule is CC(C)=CC[C@@H](OC(=O)CSc1nnc(Cc2ccc(Br)cc2)s1)C1=CC(=O)c2ccccc2C1=O. The number of esters is 1.